The van der Waals surface area contributed by atoms with Gasteiger partial charge in [-0.2, -0.15) is 0 Å². The van der Waals surface area contributed by atoms with Crippen LogP contribution in [-0.4, -0.2) is 42.5 Å². The molecule has 0 atom stereocenters. The summed E-state index contributed by atoms with van der Waals surface area (Å²) in [5.74, 6) is 0.855. The minimum absolute atomic E-state index is 0.570. The minimum Gasteiger partial charge on any atom is -0.543 e. The van der Waals surface area contributed by atoms with Crippen LogP contribution in [0.1, 0.15) is 6.92 Å². The van der Waals surface area contributed by atoms with E-state index in [0.29, 0.717) is 6.61 Å². The number of rotatable bonds is 9. The van der Waals surface area contributed by atoms with Crippen molar-refractivity contribution in [3.8, 4) is 5.75 Å². The van der Waals surface area contributed by atoms with E-state index in [1.165, 1.54) is 0 Å². The van der Waals surface area contributed by atoms with Crippen LogP contribution in [0.4, 0.5) is 0 Å². The SMILES string of the molecule is CCO[Si](O[Si](C)C)(O[Si](C)C)c1ccccc1O[Si](C)C. The Labute approximate surface area is 141 Å². The van der Waals surface area contributed by atoms with E-state index in [9.17, 15) is 0 Å². The summed E-state index contributed by atoms with van der Waals surface area (Å²) in [4.78, 5) is 0. The zero-order valence-electron chi connectivity index (χ0n) is 14.6. The highest BCUT2D eigenvalue weighted by molar-refractivity contribution is 6.85. The van der Waals surface area contributed by atoms with Gasteiger partial charge in [-0.15, -0.1) is 0 Å². The molecule has 0 fully saturated rings. The summed E-state index contributed by atoms with van der Waals surface area (Å²) >= 11 is 0. The first-order valence-electron chi connectivity index (χ1n) is 7.50. The van der Waals surface area contributed by atoms with Crippen molar-refractivity contribution in [1.29, 1.82) is 0 Å². The molecule has 4 nitrogen and oxygen atoms in total. The zero-order chi connectivity index (χ0) is 16.8. The monoisotopic (exact) mass is 371 g/mol. The van der Waals surface area contributed by atoms with E-state index in [0.717, 1.165) is 10.9 Å². The average Bonchev–Trinajstić information content (AvgIpc) is 2.37. The minimum atomic E-state index is -2.93. The summed E-state index contributed by atoms with van der Waals surface area (Å²) in [6, 6.07) is 8.03. The normalized spacial score (nSPS) is 12.5. The van der Waals surface area contributed by atoms with Crippen molar-refractivity contribution in [2.75, 3.05) is 6.61 Å². The van der Waals surface area contributed by atoms with Gasteiger partial charge in [0.15, 0.2) is 18.1 Å². The molecular weight excluding hydrogens is 344 g/mol. The molecular formula is C14H27O4Si4. The number of benzene rings is 1. The van der Waals surface area contributed by atoms with Crippen LogP contribution in [0.25, 0.3) is 0 Å². The van der Waals surface area contributed by atoms with Gasteiger partial charge in [-0.25, -0.2) is 0 Å². The summed E-state index contributed by atoms with van der Waals surface area (Å²) < 4.78 is 24.9. The van der Waals surface area contributed by atoms with Gasteiger partial charge in [0, 0.05) is 6.61 Å². The molecule has 1 aromatic carbocycles. The summed E-state index contributed by atoms with van der Waals surface area (Å²) in [6.07, 6.45) is 0. The van der Waals surface area contributed by atoms with Gasteiger partial charge in [0.05, 0.1) is 5.19 Å². The Bertz CT molecular complexity index is 444. The van der Waals surface area contributed by atoms with E-state index in [-0.39, 0.29) is 0 Å². The molecule has 0 aliphatic carbocycles. The molecule has 0 bridgehead atoms. The van der Waals surface area contributed by atoms with Crippen molar-refractivity contribution in [1.82, 2.24) is 0 Å². The fourth-order valence-corrected chi connectivity index (χ4v) is 10.2. The summed E-state index contributed by atoms with van der Waals surface area (Å²) in [7, 11) is -5.73. The molecule has 0 saturated carbocycles. The largest absolute Gasteiger partial charge is 0.543 e. The molecule has 123 valence electrons. The molecule has 0 aliphatic rings. The van der Waals surface area contributed by atoms with Crippen LogP contribution in [-0.2, 0) is 12.7 Å². The van der Waals surface area contributed by atoms with E-state index >= 15 is 0 Å². The first-order valence-corrected chi connectivity index (χ1v) is 16.5. The summed E-state index contributed by atoms with van der Waals surface area (Å²) in [5, 5.41) is 0.973. The Hall–Kier alpha value is -0.232. The third-order valence-corrected chi connectivity index (χ3v) is 10.3. The van der Waals surface area contributed by atoms with Crippen molar-refractivity contribution in [2.24, 2.45) is 0 Å². The number of hydrogen-bond acceptors (Lipinski definition) is 4. The zero-order valence-corrected chi connectivity index (χ0v) is 18.6. The molecule has 0 heterocycles. The van der Waals surface area contributed by atoms with Crippen LogP contribution in [0.5, 0.6) is 5.75 Å². The maximum absolute atomic E-state index is 6.35. The lowest BCUT2D eigenvalue weighted by Gasteiger charge is -2.34. The highest BCUT2D eigenvalue weighted by Gasteiger charge is 2.47. The predicted molar refractivity (Wildman–Crippen MR) is 98.7 cm³/mol. The average molecular weight is 372 g/mol. The van der Waals surface area contributed by atoms with Crippen LogP contribution in [0.3, 0.4) is 0 Å². The van der Waals surface area contributed by atoms with Gasteiger partial charge in [0.25, 0.3) is 9.04 Å². The number of hydrogen-bond donors (Lipinski definition) is 0. The Morgan fingerprint density at radius 3 is 1.86 bits per heavy atom. The van der Waals surface area contributed by atoms with Crippen LogP contribution < -0.4 is 9.61 Å². The third kappa shape index (κ3) is 5.76. The standard InChI is InChI=1S/C14H27O4Si4/c1-8-15-22(17-20(4)5,18-21(6)7)14-12-10-9-11-13(14)16-19(2)3/h9-12H,8H2,1-7H3. The molecule has 0 aromatic heterocycles. The van der Waals surface area contributed by atoms with Crippen molar-refractivity contribution >= 4 is 41.1 Å². The Morgan fingerprint density at radius 1 is 0.864 bits per heavy atom. The third-order valence-electron chi connectivity index (χ3n) is 2.54. The molecule has 0 saturated heterocycles. The van der Waals surface area contributed by atoms with E-state index in [4.69, 9.17) is 17.1 Å². The Kier molecular flexibility index (Phi) is 8.25. The lowest BCUT2D eigenvalue weighted by atomic mass is 10.3. The quantitative estimate of drug-likeness (QED) is 0.625. The van der Waals surface area contributed by atoms with Crippen molar-refractivity contribution < 1.29 is 17.1 Å². The van der Waals surface area contributed by atoms with Crippen molar-refractivity contribution in [2.45, 2.75) is 46.2 Å². The second-order valence-electron chi connectivity index (χ2n) is 5.52. The van der Waals surface area contributed by atoms with Gasteiger partial charge in [-0.1, -0.05) is 18.2 Å². The molecule has 0 amide bonds. The molecule has 1 aromatic rings. The summed E-state index contributed by atoms with van der Waals surface area (Å²) in [5.41, 5.74) is 0. The maximum atomic E-state index is 6.35. The van der Waals surface area contributed by atoms with Gasteiger partial charge in [-0.3, -0.25) is 0 Å². The fourth-order valence-electron chi connectivity index (χ4n) is 2.02. The lowest BCUT2D eigenvalue weighted by molar-refractivity contribution is 0.191. The first kappa shape index (κ1) is 19.8. The highest BCUT2D eigenvalue weighted by atomic mass is 28.5. The number of para-hydroxylation sites is 1. The van der Waals surface area contributed by atoms with Crippen LogP contribution in [0, 0.1) is 0 Å². The molecule has 3 radical (unpaired) electrons. The molecule has 22 heavy (non-hydrogen) atoms. The predicted octanol–water partition coefficient (Wildman–Crippen LogP) is 3.03. The second-order valence-corrected chi connectivity index (χ2v) is 14.7. The summed E-state index contributed by atoms with van der Waals surface area (Å²) in [6.45, 7) is 15.3. The first-order chi connectivity index (χ1) is 10.3. The smallest absolute Gasteiger partial charge is 0.519 e. The van der Waals surface area contributed by atoms with Gasteiger partial charge in [-0.05, 0) is 52.3 Å². The Morgan fingerprint density at radius 2 is 1.41 bits per heavy atom. The fraction of sp³-hybridized carbons (Fsp3) is 0.571. The maximum Gasteiger partial charge on any atom is 0.519 e. The molecule has 8 heteroatoms. The van der Waals surface area contributed by atoms with E-state index in [2.05, 4.69) is 39.3 Å². The molecule has 0 aliphatic heterocycles. The van der Waals surface area contributed by atoms with E-state index in [1.54, 1.807) is 0 Å². The van der Waals surface area contributed by atoms with Gasteiger partial charge in [0.1, 0.15) is 5.75 Å². The van der Waals surface area contributed by atoms with Crippen LogP contribution in [0.2, 0.25) is 39.3 Å². The molecule has 0 spiro atoms. The lowest BCUT2D eigenvalue weighted by Crippen LogP contribution is -2.60. The topological polar surface area (TPSA) is 36.9 Å². The Balaban J connectivity index is 3.34. The highest BCUT2D eigenvalue weighted by Crippen LogP contribution is 2.20. The van der Waals surface area contributed by atoms with E-state index in [1.807, 2.05) is 31.2 Å². The van der Waals surface area contributed by atoms with Crippen molar-refractivity contribution in [3.05, 3.63) is 24.3 Å². The van der Waals surface area contributed by atoms with Gasteiger partial charge >= 0.3 is 8.80 Å². The van der Waals surface area contributed by atoms with Gasteiger partial charge in [0.2, 0.25) is 0 Å². The van der Waals surface area contributed by atoms with Crippen molar-refractivity contribution in [3.63, 3.8) is 0 Å². The molecule has 0 unspecified atom stereocenters. The van der Waals surface area contributed by atoms with Crippen LogP contribution in [0.15, 0.2) is 24.3 Å². The molecule has 0 N–H and O–H groups in total. The molecule has 1 rings (SSSR count). The van der Waals surface area contributed by atoms with E-state index < -0.39 is 35.9 Å². The second kappa shape index (κ2) is 9.16. The van der Waals surface area contributed by atoms with Gasteiger partial charge < -0.3 is 17.1 Å². The van der Waals surface area contributed by atoms with Crippen LogP contribution >= 0.6 is 0 Å².